The lowest BCUT2D eigenvalue weighted by atomic mass is 10.2. The number of hydrogen-bond donors (Lipinski definition) is 1. The Hall–Kier alpha value is -0.790. The molecule has 1 atom stereocenters. The third-order valence-electron chi connectivity index (χ3n) is 2.73. The van der Waals surface area contributed by atoms with Crippen LogP contribution in [0.4, 0.5) is 0 Å². The summed E-state index contributed by atoms with van der Waals surface area (Å²) in [5.74, 6) is 0.793. The van der Waals surface area contributed by atoms with Crippen LogP contribution in [0, 0.1) is 0 Å². The molecule has 5 nitrogen and oxygen atoms in total. The maximum absolute atomic E-state index is 4.13. The molecule has 0 saturated carbocycles. The number of rotatable bonds is 5. The maximum Gasteiger partial charge on any atom is 0.173 e. The zero-order chi connectivity index (χ0) is 13.8. The van der Waals surface area contributed by atoms with Gasteiger partial charge in [0.1, 0.15) is 0 Å². The van der Waals surface area contributed by atoms with Crippen LogP contribution in [0.5, 0.6) is 0 Å². The van der Waals surface area contributed by atoms with Gasteiger partial charge in [0.15, 0.2) is 5.82 Å². The van der Waals surface area contributed by atoms with Crippen molar-refractivity contribution in [2.75, 3.05) is 6.54 Å². The molecule has 1 aromatic heterocycles. The number of tetrazole rings is 1. The summed E-state index contributed by atoms with van der Waals surface area (Å²) >= 11 is 7.08. The van der Waals surface area contributed by atoms with Crippen molar-refractivity contribution in [2.45, 2.75) is 26.3 Å². The zero-order valence-electron chi connectivity index (χ0n) is 10.8. The SMILES string of the molecule is CCCNC(C)c1nnnn1-c1c(Br)cccc1Br. The summed E-state index contributed by atoms with van der Waals surface area (Å²) in [5.41, 5.74) is 0.910. The first-order chi connectivity index (χ1) is 9.15. The van der Waals surface area contributed by atoms with Gasteiger partial charge in [-0.2, -0.15) is 4.68 Å². The summed E-state index contributed by atoms with van der Waals surface area (Å²) in [6, 6.07) is 5.99. The average molecular weight is 389 g/mol. The van der Waals surface area contributed by atoms with Crippen molar-refractivity contribution in [2.24, 2.45) is 0 Å². The van der Waals surface area contributed by atoms with Crippen LogP contribution in [0.2, 0.25) is 0 Å². The van der Waals surface area contributed by atoms with Gasteiger partial charge in [0.25, 0.3) is 0 Å². The molecule has 0 aliphatic rings. The van der Waals surface area contributed by atoms with Crippen molar-refractivity contribution in [3.8, 4) is 5.69 Å². The van der Waals surface area contributed by atoms with Gasteiger partial charge in [0.2, 0.25) is 0 Å². The highest BCUT2D eigenvalue weighted by Crippen LogP contribution is 2.29. The van der Waals surface area contributed by atoms with Crippen LogP contribution in [0.1, 0.15) is 32.1 Å². The number of halogens is 2. The highest BCUT2D eigenvalue weighted by Gasteiger charge is 2.18. The van der Waals surface area contributed by atoms with Gasteiger partial charge in [-0.15, -0.1) is 5.10 Å². The summed E-state index contributed by atoms with van der Waals surface area (Å²) in [7, 11) is 0. The Bertz CT molecular complexity index is 535. The molecule has 2 aromatic rings. The third-order valence-corrected chi connectivity index (χ3v) is 4.01. The fraction of sp³-hybridized carbons (Fsp3) is 0.417. The van der Waals surface area contributed by atoms with Gasteiger partial charge in [-0.1, -0.05) is 13.0 Å². The molecule has 0 amide bonds. The topological polar surface area (TPSA) is 55.6 Å². The zero-order valence-corrected chi connectivity index (χ0v) is 13.9. The maximum atomic E-state index is 4.13. The van der Waals surface area contributed by atoms with Gasteiger partial charge in [-0.3, -0.25) is 0 Å². The van der Waals surface area contributed by atoms with E-state index in [2.05, 4.69) is 66.5 Å². The Morgan fingerprint density at radius 3 is 2.63 bits per heavy atom. The molecule has 0 saturated heterocycles. The van der Waals surface area contributed by atoms with Crippen LogP contribution < -0.4 is 5.32 Å². The Labute approximate surface area is 129 Å². The molecule has 2 rings (SSSR count). The number of benzene rings is 1. The van der Waals surface area contributed by atoms with Crippen molar-refractivity contribution >= 4 is 31.9 Å². The van der Waals surface area contributed by atoms with Crippen molar-refractivity contribution in [1.29, 1.82) is 0 Å². The molecule has 19 heavy (non-hydrogen) atoms. The predicted octanol–water partition coefficient (Wildman–Crippen LogP) is 3.25. The van der Waals surface area contributed by atoms with Crippen molar-refractivity contribution in [3.63, 3.8) is 0 Å². The standard InChI is InChI=1S/C12H15Br2N5/c1-3-7-15-8(2)12-16-17-18-19(12)11-9(13)5-4-6-10(11)14/h4-6,8,15H,3,7H2,1-2H3. The van der Waals surface area contributed by atoms with E-state index in [1.54, 1.807) is 4.68 Å². The molecule has 1 aromatic carbocycles. The van der Waals surface area contributed by atoms with E-state index >= 15 is 0 Å². The Kier molecular flexibility index (Phi) is 5.06. The molecule has 0 aliphatic heterocycles. The second-order valence-corrected chi connectivity index (χ2v) is 5.90. The lowest BCUT2D eigenvalue weighted by Crippen LogP contribution is -2.23. The first-order valence-electron chi connectivity index (χ1n) is 6.11. The van der Waals surface area contributed by atoms with E-state index < -0.39 is 0 Å². The minimum Gasteiger partial charge on any atom is -0.307 e. The summed E-state index contributed by atoms with van der Waals surface area (Å²) in [4.78, 5) is 0. The molecule has 1 N–H and O–H groups in total. The van der Waals surface area contributed by atoms with E-state index in [1.807, 2.05) is 18.2 Å². The number of hydrogen-bond acceptors (Lipinski definition) is 4. The van der Waals surface area contributed by atoms with Crippen molar-refractivity contribution in [3.05, 3.63) is 33.0 Å². The fourth-order valence-electron chi connectivity index (χ4n) is 1.77. The quantitative estimate of drug-likeness (QED) is 0.854. The predicted molar refractivity (Wildman–Crippen MR) is 81.3 cm³/mol. The fourth-order valence-corrected chi connectivity index (χ4v) is 3.10. The first kappa shape index (κ1) is 14.6. The molecule has 102 valence electrons. The number of aromatic nitrogens is 4. The van der Waals surface area contributed by atoms with Crippen molar-refractivity contribution in [1.82, 2.24) is 25.5 Å². The van der Waals surface area contributed by atoms with E-state index in [4.69, 9.17) is 0 Å². The van der Waals surface area contributed by atoms with Crippen LogP contribution >= 0.6 is 31.9 Å². The molecular weight excluding hydrogens is 374 g/mol. The smallest absolute Gasteiger partial charge is 0.173 e. The van der Waals surface area contributed by atoms with E-state index in [-0.39, 0.29) is 6.04 Å². The molecular formula is C12H15Br2N5. The summed E-state index contributed by atoms with van der Waals surface area (Å²) in [6.45, 7) is 5.13. The second kappa shape index (κ2) is 6.58. The largest absolute Gasteiger partial charge is 0.307 e. The molecule has 1 unspecified atom stereocenters. The van der Waals surface area contributed by atoms with Gasteiger partial charge >= 0.3 is 0 Å². The highest BCUT2D eigenvalue weighted by atomic mass is 79.9. The number of nitrogens with one attached hydrogen (secondary N) is 1. The van der Waals surface area contributed by atoms with E-state index in [9.17, 15) is 0 Å². The van der Waals surface area contributed by atoms with Crippen LogP contribution in [0.3, 0.4) is 0 Å². The van der Waals surface area contributed by atoms with Crippen LogP contribution in [0.15, 0.2) is 27.1 Å². The Balaban J connectivity index is 2.39. The van der Waals surface area contributed by atoms with Gasteiger partial charge in [0, 0.05) is 8.95 Å². The minimum atomic E-state index is 0.0916. The van der Waals surface area contributed by atoms with E-state index in [0.29, 0.717) is 0 Å². The molecule has 7 heteroatoms. The van der Waals surface area contributed by atoms with E-state index in [1.165, 1.54) is 0 Å². The molecule has 0 fully saturated rings. The average Bonchev–Trinajstić information content (AvgIpc) is 2.85. The molecule has 1 heterocycles. The molecule has 0 aliphatic carbocycles. The van der Waals surface area contributed by atoms with Gasteiger partial charge in [0.05, 0.1) is 11.7 Å². The molecule has 0 bridgehead atoms. The Morgan fingerprint density at radius 1 is 1.32 bits per heavy atom. The lowest BCUT2D eigenvalue weighted by molar-refractivity contribution is 0.531. The second-order valence-electron chi connectivity index (χ2n) is 4.19. The summed E-state index contributed by atoms with van der Waals surface area (Å²) in [6.07, 6.45) is 1.07. The van der Waals surface area contributed by atoms with Gasteiger partial charge in [-0.25, -0.2) is 0 Å². The summed E-state index contributed by atoms with van der Waals surface area (Å²) < 4.78 is 3.64. The monoisotopic (exact) mass is 387 g/mol. The highest BCUT2D eigenvalue weighted by molar-refractivity contribution is 9.11. The van der Waals surface area contributed by atoms with Crippen molar-refractivity contribution < 1.29 is 0 Å². The molecule has 0 radical (unpaired) electrons. The first-order valence-corrected chi connectivity index (χ1v) is 7.69. The van der Waals surface area contributed by atoms with E-state index in [0.717, 1.165) is 33.4 Å². The number of para-hydroxylation sites is 1. The summed E-state index contributed by atoms with van der Waals surface area (Å²) in [5, 5.41) is 15.4. The number of nitrogens with zero attached hydrogens (tertiary/aromatic N) is 4. The van der Waals surface area contributed by atoms with Gasteiger partial charge < -0.3 is 5.32 Å². The van der Waals surface area contributed by atoms with Crippen LogP contribution in [-0.4, -0.2) is 26.8 Å². The normalized spacial score (nSPS) is 12.6. The molecule has 0 spiro atoms. The Morgan fingerprint density at radius 2 is 2.00 bits per heavy atom. The van der Waals surface area contributed by atoms with Gasteiger partial charge in [-0.05, 0) is 74.3 Å². The van der Waals surface area contributed by atoms with Crippen LogP contribution in [-0.2, 0) is 0 Å². The third kappa shape index (κ3) is 3.21. The minimum absolute atomic E-state index is 0.0916. The lowest BCUT2D eigenvalue weighted by Gasteiger charge is -2.14. The van der Waals surface area contributed by atoms with Crippen LogP contribution in [0.25, 0.3) is 5.69 Å².